The maximum atomic E-state index is 14.6. The minimum Gasteiger partial charge on any atom is -0.486 e. The lowest BCUT2D eigenvalue weighted by atomic mass is 10.0. The number of hydrogen-bond acceptors (Lipinski definition) is 1. The second-order valence-corrected chi connectivity index (χ2v) is 6.09. The monoisotopic (exact) mass is 368 g/mol. The van der Waals surface area contributed by atoms with E-state index in [-0.39, 0.29) is 28.9 Å². The van der Waals surface area contributed by atoms with E-state index in [9.17, 15) is 13.2 Å². The molecule has 0 saturated heterocycles. The molecule has 0 N–H and O–H groups in total. The van der Waals surface area contributed by atoms with Crippen LogP contribution in [-0.4, -0.2) is 6.61 Å². The Kier molecular flexibility index (Phi) is 5.65. The maximum absolute atomic E-state index is 14.6. The fourth-order valence-electron chi connectivity index (χ4n) is 2.81. The molecule has 0 aliphatic carbocycles. The summed E-state index contributed by atoms with van der Waals surface area (Å²) in [5.41, 5.74) is 1.27. The molecule has 0 saturated carbocycles. The van der Waals surface area contributed by atoms with Crippen LogP contribution < -0.4 is 4.74 Å². The van der Waals surface area contributed by atoms with E-state index in [0.29, 0.717) is 5.39 Å². The van der Waals surface area contributed by atoms with Crippen LogP contribution in [0.25, 0.3) is 22.4 Å². The number of rotatable bonds is 6. The molecule has 0 aliphatic heterocycles. The minimum absolute atomic E-state index is 0.0544. The Balaban J connectivity index is 1.99. The predicted molar refractivity (Wildman–Crippen MR) is 104 cm³/mol. The number of benzene rings is 3. The molecule has 3 rings (SSSR count). The molecule has 0 bridgehead atoms. The zero-order valence-corrected chi connectivity index (χ0v) is 14.9. The molecule has 138 valence electrons. The van der Waals surface area contributed by atoms with Crippen molar-refractivity contribution in [2.75, 3.05) is 6.61 Å². The van der Waals surface area contributed by atoms with Crippen LogP contribution in [0.2, 0.25) is 0 Å². The number of hydrogen-bond donors (Lipinski definition) is 0. The van der Waals surface area contributed by atoms with Crippen molar-refractivity contribution < 1.29 is 17.9 Å². The Morgan fingerprint density at radius 2 is 1.63 bits per heavy atom. The molecule has 0 atom stereocenters. The van der Waals surface area contributed by atoms with Crippen molar-refractivity contribution in [3.63, 3.8) is 0 Å². The first-order valence-corrected chi connectivity index (χ1v) is 8.66. The Hall–Kier alpha value is -3.01. The molecule has 0 spiro atoms. The molecule has 4 heteroatoms. The topological polar surface area (TPSA) is 9.23 Å². The van der Waals surface area contributed by atoms with E-state index in [2.05, 4.69) is 6.58 Å². The fraction of sp³-hybridized carbons (Fsp3) is 0.130. The van der Waals surface area contributed by atoms with Gasteiger partial charge < -0.3 is 4.74 Å². The third-order valence-corrected chi connectivity index (χ3v) is 4.34. The smallest absolute Gasteiger partial charge is 0.172 e. The summed E-state index contributed by atoms with van der Waals surface area (Å²) in [7, 11) is 0. The van der Waals surface area contributed by atoms with E-state index in [4.69, 9.17) is 4.74 Å². The molecular weight excluding hydrogens is 349 g/mol. The first kappa shape index (κ1) is 18.8. The van der Waals surface area contributed by atoms with Crippen molar-refractivity contribution in [3.05, 3.63) is 89.8 Å². The lowest BCUT2D eigenvalue weighted by molar-refractivity contribution is 0.344. The summed E-state index contributed by atoms with van der Waals surface area (Å²) in [5.74, 6) is -2.37. The van der Waals surface area contributed by atoms with Gasteiger partial charge in [0.1, 0.15) is 6.61 Å². The molecule has 1 nitrogen and oxygen atoms in total. The third kappa shape index (κ3) is 3.90. The summed E-state index contributed by atoms with van der Waals surface area (Å²) in [6, 6.07) is 13.9. The van der Waals surface area contributed by atoms with Gasteiger partial charge in [-0.05, 0) is 29.5 Å². The summed E-state index contributed by atoms with van der Waals surface area (Å²) >= 11 is 0. The van der Waals surface area contributed by atoms with E-state index in [1.165, 1.54) is 30.3 Å². The Bertz CT molecular complexity index is 1000. The molecule has 0 aromatic heterocycles. The van der Waals surface area contributed by atoms with Gasteiger partial charge in [-0.3, -0.25) is 0 Å². The highest BCUT2D eigenvalue weighted by atomic mass is 19.2. The van der Waals surface area contributed by atoms with Gasteiger partial charge in [-0.2, -0.15) is 0 Å². The fourth-order valence-corrected chi connectivity index (χ4v) is 2.81. The predicted octanol–water partition coefficient (Wildman–Crippen LogP) is 6.87. The lowest BCUT2D eigenvalue weighted by Gasteiger charge is -2.09. The summed E-state index contributed by atoms with van der Waals surface area (Å²) in [6.45, 7) is 5.69. The van der Waals surface area contributed by atoms with Gasteiger partial charge in [0.05, 0.1) is 0 Å². The minimum atomic E-state index is -0.978. The lowest BCUT2D eigenvalue weighted by Crippen LogP contribution is -1.96. The van der Waals surface area contributed by atoms with Crippen LogP contribution in [0.15, 0.2) is 67.3 Å². The summed E-state index contributed by atoms with van der Waals surface area (Å²) < 4.78 is 48.9. The van der Waals surface area contributed by atoms with E-state index in [1.54, 1.807) is 30.3 Å². The highest BCUT2D eigenvalue weighted by Crippen LogP contribution is 2.33. The van der Waals surface area contributed by atoms with Gasteiger partial charge in [-0.1, -0.05) is 62.0 Å². The first-order valence-electron chi connectivity index (χ1n) is 8.66. The molecule has 0 radical (unpaired) electrons. The van der Waals surface area contributed by atoms with Gasteiger partial charge in [0.2, 0.25) is 0 Å². The van der Waals surface area contributed by atoms with Gasteiger partial charge in [0.25, 0.3) is 0 Å². The molecule has 0 amide bonds. The molecule has 0 fully saturated rings. The quantitative estimate of drug-likeness (QED) is 0.341. The van der Waals surface area contributed by atoms with Gasteiger partial charge in [-0.15, -0.1) is 0 Å². The Morgan fingerprint density at radius 1 is 0.963 bits per heavy atom. The van der Waals surface area contributed by atoms with Crippen molar-refractivity contribution in [2.45, 2.75) is 13.3 Å². The van der Waals surface area contributed by atoms with Gasteiger partial charge >= 0.3 is 0 Å². The van der Waals surface area contributed by atoms with E-state index < -0.39 is 17.5 Å². The Labute approximate surface area is 156 Å². The van der Waals surface area contributed by atoms with Crippen LogP contribution in [0.4, 0.5) is 13.2 Å². The molecule has 0 heterocycles. The van der Waals surface area contributed by atoms with Crippen molar-refractivity contribution in [1.82, 2.24) is 0 Å². The van der Waals surface area contributed by atoms with Gasteiger partial charge in [0.15, 0.2) is 23.2 Å². The summed E-state index contributed by atoms with van der Waals surface area (Å²) in [5, 5.41) is 0.737. The zero-order chi connectivity index (χ0) is 19.4. The average molecular weight is 368 g/mol. The highest BCUT2D eigenvalue weighted by Gasteiger charge is 2.14. The SMILES string of the molecule is C=CCOc1ccc2cc(C(F)=C(F)c3ccc(CC)cc3)ccc2c1F. The number of aryl methyl sites for hydroxylation is 1. The average Bonchev–Trinajstić information content (AvgIpc) is 2.72. The molecular formula is C23H19F3O. The van der Waals surface area contributed by atoms with Crippen LogP contribution in [-0.2, 0) is 6.42 Å². The first-order chi connectivity index (χ1) is 13.0. The summed E-state index contributed by atoms with van der Waals surface area (Å²) in [6.07, 6.45) is 2.34. The van der Waals surface area contributed by atoms with E-state index >= 15 is 0 Å². The van der Waals surface area contributed by atoms with Crippen LogP contribution in [0.3, 0.4) is 0 Å². The molecule has 3 aromatic carbocycles. The molecule has 3 aromatic rings. The van der Waals surface area contributed by atoms with Gasteiger partial charge in [-0.25, -0.2) is 13.2 Å². The van der Waals surface area contributed by atoms with Crippen LogP contribution in [0.1, 0.15) is 23.6 Å². The van der Waals surface area contributed by atoms with E-state index in [1.807, 2.05) is 6.92 Å². The number of fused-ring (bicyclic) bond motifs is 1. The van der Waals surface area contributed by atoms with Crippen molar-refractivity contribution in [2.24, 2.45) is 0 Å². The van der Waals surface area contributed by atoms with Crippen LogP contribution in [0, 0.1) is 5.82 Å². The standard InChI is InChI=1S/C23H19F3O/c1-3-13-27-20-12-10-17-14-18(9-11-19(17)23(20)26)22(25)21(24)16-7-5-15(4-2)6-8-16/h3,5-12,14H,1,4,13H2,2H3. The second-order valence-electron chi connectivity index (χ2n) is 6.09. The van der Waals surface area contributed by atoms with Crippen molar-refractivity contribution in [3.8, 4) is 5.75 Å². The zero-order valence-electron chi connectivity index (χ0n) is 14.9. The normalized spacial score (nSPS) is 12.0. The largest absolute Gasteiger partial charge is 0.486 e. The van der Waals surface area contributed by atoms with Crippen LogP contribution >= 0.6 is 0 Å². The van der Waals surface area contributed by atoms with Crippen molar-refractivity contribution >= 4 is 22.4 Å². The second kappa shape index (κ2) is 8.12. The van der Waals surface area contributed by atoms with Crippen molar-refractivity contribution in [1.29, 1.82) is 0 Å². The van der Waals surface area contributed by atoms with E-state index in [0.717, 1.165) is 12.0 Å². The Morgan fingerprint density at radius 3 is 2.30 bits per heavy atom. The maximum Gasteiger partial charge on any atom is 0.172 e. The van der Waals surface area contributed by atoms with Crippen LogP contribution in [0.5, 0.6) is 5.75 Å². The molecule has 0 unspecified atom stereocenters. The highest BCUT2D eigenvalue weighted by molar-refractivity contribution is 5.91. The summed E-state index contributed by atoms with van der Waals surface area (Å²) in [4.78, 5) is 0. The molecule has 27 heavy (non-hydrogen) atoms. The number of ether oxygens (including phenoxy) is 1. The molecule has 0 aliphatic rings. The number of halogens is 3. The third-order valence-electron chi connectivity index (χ3n) is 4.34. The van der Waals surface area contributed by atoms with Gasteiger partial charge in [0, 0.05) is 16.5 Å².